The summed E-state index contributed by atoms with van der Waals surface area (Å²) in [5.41, 5.74) is 1.72. The first-order chi connectivity index (χ1) is 22.7. The lowest BCUT2D eigenvalue weighted by molar-refractivity contribution is -0.156. The largest absolute Gasteiger partial charge is 0.456 e. The molecule has 0 aliphatic rings. The van der Waals surface area contributed by atoms with Gasteiger partial charge in [0.2, 0.25) is 11.6 Å². The molecule has 2 aromatic rings. The van der Waals surface area contributed by atoms with Crippen LogP contribution < -0.4 is 0 Å². The summed E-state index contributed by atoms with van der Waals surface area (Å²) in [6.45, 7) is 28.0. The highest BCUT2D eigenvalue weighted by Crippen LogP contribution is 2.41. The van der Waals surface area contributed by atoms with Gasteiger partial charge in [0.05, 0.1) is 11.5 Å². The zero-order valence-electron chi connectivity index (χ0n) is 32.9. The van der Waals surface area contributed by atoms with Crippen LogP contribution in [0.3, 0.4) is 0 Å². The fraction of sp³-hybridized carbons (Fsp3) is 0.585. The predicted molar refractivity (Wildman–Crippen MR) is 207 cm³/mol. The second-order valence-electron chi connectivity index (χ2n) is 15.6. The van der Waals surface area contributed by atoms with Crippen LogP contribution in [0.1, 0.15) is 107 Å². The lowest BCUT2D eigenvalue weighted by atomic mass is 9.77. The van der Waals surface area contributed by atoms with Gasteiger partial charge < -0.3 is 13.6 Å². The summed E-state index contributed by atoms with van der Waals surface area (Å²) >= 11 is 0. The SMILES string of the molecule is CC[C@H](O[Si](CC)(CC)CC)C(C)(C)C(=O)C(=O)/C(C)=C(\C)C(C)OC(=O)[C@H](O[Si](C)(C)C(C)(C)C)C(c1ccccc1)c1ccccc1. The number of benzene rings is 2. The number of ether oxygens (including phenoxy) is 1. The van der Waals surface area contributed by atoms with E-state index in [1.165, 1.54) is 0 Å². The Bertz CT molecular complexity index is 1370. The molecule has 8 heteroatoms. The molecule has 272 valence electrons. The summed E-state index contributed by atoms with van der Waals surface area (Å²) in [6.07, 6.45) is -1.42. The molecule has 0 aromatic heterocycles. The van der Waals surface area contributed by atoms with Crippen LogP contribution in [0, 0.1) is 5.41 Å². The second kappa shape index (κ2) is 17.5. The van der Waals surface area contributed by atoms with E-state index in [1.807, 2.05) is 81.4 Å². The standard InChI is InChI=1S/C41H64O6Si2/c1-15-34(46-49(16-2,17-3)18-4)41(11,12)38(43)36(42)30(6)29(5)31(7)45-39(44)37(47-48(13,14)40(8,9)10)35(32-25-21-19-22-26-32)33-27-23-20-24-28-33/h19-28,31,34-35,37H,15-18H2,1-14H3/b30-29+/t31?,34-,37+/m0/s1. The molecule has 0 saturated heterocycles. The smallest absolute Gasteiger partial charge is 0.335 e. The average molecular weight is 709 g/mol. The Morgan fingerprint density at radius 1 is 0.735 bits per heavy atom. The molecule has 0 saturated carbocycles. The van der Waals surface area contributed by atoms with Gasteiger partial charge >= 0.3 is 5.97 Å². The van der Waals surface area contributed by atoms with E-state index >= 15 is 0 Å². The Morgan fingerprint density at radius 2 is 1.18 bits per heavy atom. The Hall–Kier alpha value is -2.66. The van der Waals surface area contributed by atoms with E-state index < -0.39 is 57.7 Å². The van der Waals surface area contributed by atoms with Crippen LogP contribution in [0.4, 0.5) is 0 Å². The van der Waals surface area contributed by atoms with Gasteiger partial charge in [-0.3, -0.25) is 9.59 Å². The van der Waals surface area contributed by atoms with Gasteiger partial charge in [0.25, 0.3) is 0 Å². The number of Topliss-reactive ketones (excluding diaryl/α,β-unsaturated/α-hetero) is 2. The first kappa shape index (κ1) is 42.5. The van der Waals surface area contributed by atoms with Gasteiger partial charge in [0.1, 0.15) is 6.10 Å². The van der Waals surface area contributed by atoms with Gasteiger partial charge in [0, 0.05) is 11.5 Å². The van der Waals surface area contributed by atoms with Crippen LogP contribution in [-0.4, -0.2) is 52.5 Å². The molecule has 6 nitrogen and oxygen atoms in total. The summed E-state index contributed by atoms with van der Waals surface area (Å²) in [5.74, 6) is -1.96. The minimum absolute atomic E-state index is 0.158. The molecule has 0 amide bonds. The molecule has 0 aliphatic carbocycles. The third-order valence-electron chi connectivity index (χ3n) is 11.2. The molecule has 1 unspecified atom stereocenters. The number of esters is 1. The fourth-order valence-corrected chi connectivity index (χ4v) is 10.4. The predicted octanol–water partition coefficient (Wildman–Crippen LogP) is 10.4. The maximum atomic E-state index is 14.4. The topological polar surface area (TPSA) is 78.9 Å². The maximum absolute atomic E-state index is 14.4. The Morgan fingerprint density at radius 3 is 1.57 bits per heavy atom. The molecular weight excluding hydrogens is 645 g/mol. The van der Waals surface area contributed by atoms with Crippen molar-refractivity contribution in [2.75, 3.05) is 0 Å². The van der Waals surface area contributed by atoms with Crippen LogP contribution in [0.15, 0.2) is 71.8 Å². The fourth-order valence-electron chi connectivity index (χ4n) is 6.07. The molecule has 49 heavy (non-hydrogen) atoms. The van der Waals surface area contributed by atoms with E-state index in [0.717, 1.165) is 29.3 Å². The first-order valence-electron chi connectivity index (χ1n) is 18.2. The lowest BCUT2D eigenvalue weighted by Crippen LogP contribution is -2.49. The van der Waals surface area contributed by atoms with Crippen molar-refractivity contribution in [2.45, 2.75) is 150 Å². The van der Waals surface area contributed by atoms with Crippen molar-refractivity contribution >= 4 is 34.2 Å². The van der Waals surface area contributed by atoms with Crippen molar-refractivity contribution in [3.8, 4) is 0 Å². The van der Waals surface area contributed by atoms with E-state index in [1.54, 1.807) is 20.8 Å². The van der Waals surface area contributed by atoms with Gasteiger partial charge in [-0.2, -0.15) is 0 Å². The summed E-state index contributed by atoms with van der Waals surface area (Å²) in [7, 11) is -4.49. The van der Waals surface area contributed by atoms with Crippen molar-refractivity contribution in [3.05, 3.63) is 82.9 Å². The Balaban J connectivity index is 2.49. The zero-order valence-corrected chi connectivity index (χ0v) is 34.9. The van der Waals surface area contributed by atoms with Crippen molar-refractivity contribution < 1.29 is 28.0 Å². The molecule has 0 spiro atoms. The van der Waals surface area contributed by atoms with Gasteiger partial charge in [-0.1, -0.05) is 109 Å². The van der Waals surface area contributed by atoms with Crippen LogP contribution in [0.25, 0.3) is 0 Å². The number of hydrogen-bond donors (Lipinski definition) is 0. The van der Waals surface area contributed by atoms with Gasteiger partial charge in [0.15, 0.2) is 22.7 Å². The molecule has 0 fully saturated rings. The summed E-state index contributed by atoms with van der Waals surface area (Å²) in [5, 5.41) is -0.158. The molecule has 0 bridgehead atoms. The van der Waals surface area contributed by atoms with Crippen LogP contribution in [0.5, 0.6) is 0 Å². The van der Waals surface area contributed by atoms with Crippen LogP contribution in [0.2, 0.25) is 36.3 Å². The zero-order chi connectivity index (χ0) is 37.4. The third-order valence-corrected chi connectivity index (χ3v) is 20.3. The molecule has 0 N–H and O–H groups in total. The highest BCUT2D eigenvalue weighted by Gasteiger charge is 2.46. The molecule has 0 aliphatic heterocycles. The van der Waals surface area contributed by atoms with Crippen LogP contribution in [-0.2, 0) is 28.0 Å². The van der Waals surface area contributed by atoms with E-state index in [0.29, 0.717) is 17.6 Å². The van der Waals surface area contributed by atoms with Crippen molar-refractivity contribution in [1.82, 2.24) is 0 Å². The van der Waals surface area contributed by atoms with Crippen molar-refractivity contribution in [2.24, 2.45) is 5.41 Å². The number of carbonyl (C=O) groups excluding carboxylic acids is 3. The van der Waals surface area contributed by atoms with Crippen molar-refractivity contribution in [1.29, 1.82) is 0 Å². The van der Waals surface area contributed by atoms with Gasteiger partial charge in [-0.15, -0.1) is 0 Å². The quantitative estimate of drug-likeness (QED) is 0.0664. The van der Waals surface area contributed by atoms with Gasteiger partial charge in [-0.05, 0) is 94.0 Å². The highest BCUT2D eigenvalue weighted by molar-refractivity contribution is 6.74. The molecular formula is C41H64O6Si2. The number of allylic oxidation sites excluding steroid dienone is 1. The first-order valence-corrected chi connectivity index (χ1v) is 23.6. The third kappa shape index (κ3) is 10.2. The number of carbonyl (C=O) groups is 3. The molecule has 3 atom stereocenters. The van der Waals surface area contributed by atoms with E-state index in [-0.39, 0.29) is 11.1 Å². The highest BCUT2D eigenvalue weighted by atomic mass is 28.4. The average Bonchev–Trinajstić information content (AvgIpc) is 3.07. The number of rotatable bonds is 18. The maximum Gasteiger partial charge on any atom is 0.335 e. The van der Waals surface area contributed by atoms with Gasteiger partial charge in [-0.25, -0.2) is 4.79 Å². The Labute approximate surface area is 299 Å². The Kier molecular flexibility index (Phi) is 15.2. The second-order valence-corrected chi connectivity index (χ2v) is 25.1. The minimum atomic E-state index is -2.47. The van der Waals surface area contributed by atoms with E-state index in [4.69, 9.17) is 13.6 Å². The lowest BCUT2D eigenvalue weighted by Gasteiger charge is -2.41. The van der Waals surface area contributed by atoms with Crippen LogP contribution >= 0.6 is 0 Å². The van der Waals surface area contributed by atoms with E-state index in [9.17, 15) is 14.4 Å². The monoisotopic (exact) mass is 708 g/mol. The molecule has 2 aromatic carbocycles. The van der Waals surface area contributed by atoms with Crippen molar-refractivity contribution in [3.63, 3.8) is 0 Å². The summed E-state index contributed by atoms with van der Waals surface area (Å²) in [6, 6.07) is 22.7. The molecule has 2 rings (SSSR count). The molecule has 0 heterocycles. The summed E-state index contributed by atoms with van der Waals surface area (Å²) in [4.78, 5) is 42.1. The molecule has 0 radical (unpaired) electrons. The number of hydrogen-bond acceptors (Lipinski definition) is 6. The normalized spacial score (nSPS) is 15.3. The summed E-state index contributed by atoms with van der Waals surface area (Å²) < 4.78 is 19.9. The number of ketones is 2. The van der Waals surface area contributed by atoms with E-state index in [2.05, 4.69) is 54.6 Å². The minimum Gasteiger partial charge on any atom is -0.456 e.